The first-order valence-electron chi connectivity index (χ1n) is 9.93. The molecule has 1 unspecified atom stereocenters. The lowest BCUT2D eigenvalue weighted by atomic mass is 10.0. The van der Waals surface area contributed by atoms with Crippen molar-refractivity contribution in [2.45, 2.75) is 44.8 Å². The number of fused-ring (bicyclic) bond motifs is 1. The Morgan fingerprint density at radius 1 is 1.21 bits per heavy atom. The highest BCUT2D eigenvalue weighted by Crippen LogP contribution is 2.34. The molecule has 2 aromatic rings. The lowest BCUT2D eigenvalue weighted by Gasteiger charge is -2.29. The summed E-state index contributed by atoms with van der Waals surface area (Å²) in [7, 11) is 0. The Morgan fingerprint density at radius 3 is 2.70 bits per heavy atom. The Morgan fingerprint density at radius 2 is 2.00 bits per heavy atom. The van der Waals surface area contributed by atoms with Crippen LogP contribution in [0.2, 0.25) is 0 Å². The average molecular weight is 481 g/mol. The van der Waals surface area contributed by atoms with Crippen LogP contribution in [-0.2, 0) is 40.2 Å². The molecule has 0 aliphatic carbocycles. The quantitative estimate of drug-likeness (QED) is 0.639. The number of hydrogen-bond acceptors (Lipinski definition) is 6. The van der Waals surface area contributed by atoms with Gasteiger partial charge in [-0.3, -0.25) is 19.7 Å². The molecule has 174 valence electrons. The van der Waals surface area contributed by atoms with Gasteiger partial charge < -0.3 is 15.0 Å². The lowest BCUT2D eigenvalue weighted by Crippen LogP contribution is -2.52. The zero-order chi connectivity index (χ0) is 23.8. The van der Waals surface area contributed by atoms with Gasteiger partial charge in [-0.15, -0.1) is 11.3 Å². The lowest BCUT2D eigenvalue weighted by molar-refractivity contribution is -0.137. The molecule has 8 nitrogen and oxygen atoms in total. The van der Waals surface area contributed by atoms with Crippen LogP contribution in [0.3, 0.4) is 0 Å². The molecule has 0 radical (unpaired) electrons. The number of alkyl carbamates (subject to hydrolysis) is 1. The third kappa shape index (κ3) is 5.00. The molecule has 1 atom stereocenters. The van der Waals surface area contributed by atoms with Crippen molar-refractivity contribution in [1.29, 1.82) is 0 Å². The predicted molar refractivity (Wildman–Crippen MR) is 109 cm³/mol. The summed E-state index contributed by atoms with van der Waals surface area (Å²) in [6.07, 6.45) is -4.83. The number of imide groups is 1. The van der Waals surface area contributed by atoms with Gasteiger partial charge in [0.1, 0.15) is 17.5 Å². The first-order chi connectivity index (χ1) is 15.6. The van der Waals surface area contributed by atoms with E-state index in [-0.39, 0.29) is 49.9 Å². The number of nitrogens with zero attached hydrogens (tertiary/aromatic N) is 1. The number of rotatable bonds is 5. The third-order valence-electron chi connectivity index (χ3n) is 5.33. The highest BCUT2D eigenvalue weighted by atomic mass is 32.1. The molecule has 2 aliphatic heterocycles. The van der Waals surface area contributed by atoms with Crippen molar-refractivity contribution in [2.75, 3.05) is 0 Å². The van der Waals surface area contributed by atoms with Crippen molar-refractivity contribution in [3.8, 4) is 0 Å². The highest BCUT2D eigenvalue weighted by Gasteiger charge is 2.39. The van der Waals surface area contributed by atoms with Gasteiger partial charge in [0.15, 0.2) is 0 Å². The second-order valence-electron chi connectivity index (χ2n) is 7.64. The number of piperidine rings is 1. The summed E-state index contributed by atoms with van der Waals surface area (Å²) in [5.41, 5.74) is 1.98. The summed E-state index contributed by atoms with van der Waals surface area (Å²) >= 11 is 0.526. The van der Waals surface area contributed by atoms with Crippen molar-refractivity contribution in [3.05, 3.63) is 56.8 Å². The zero-order valence-corrected chi connectivity index (χ0v) is 17.8. The van der Waals surface area contributed by atoms with Crippen molar-refractivity contribution in [1.82, 2.24) is 15.5 Å². The molecule has 0 spiro atoms. The highest BCUT2D eigenvalue weighted by molar-refractivity contribution is 7.10. The van der Waals surface area contributed by atoms with Gasteiger partial charge in [-0.1, -0.05) is 12.1 Å². The maximum atomic E-state index is 12.8. The fraction of sp³-hybridized carbons (Fsp3) is 0.333. The fourth-order valence-corrected chi connectivity index (χ4v) is 4.45. The molecule has 2 aliphatic rings. The van der Waals surface area contributed by atoms with Crippen LogP contribution >= 0.6 is 11.3 Å². The molecular weight excluding hydrogens is 463 g/mol. The minimum atomic E-state index is -4.44. The number of carbonyl (C=O) groups excluding carboxylic acids is 4. The average Bonchev–Trinajstić information content (AvgIpc) is 3.36. The Labute approximate surface area is 189 Å². The van der Waals surface area contributed by atoms with E-state index in [1.54, 1.807) is 18.2 Å². The zero-order valence-electron chi connectivity index (χ0n) is 17.0. The Kier molecular flexibility index (Phi) is 6.11. The molecule has 4 rings (SSSR count). The maximum absolute atomic E-state index is 12.8. The maximum Gasteiger partial charge on any atom is 0.425 e. The van der Waals surface area contributed by atoms with Gasteiger partial charge in [0.05, 0.1) is 0 Å². The van der Waals surface area contributed by atoms with E-state index in [0.717, 1.165) is 11.6 Å². The largest absolute Gasteiger partial charge is 0.445 e. The molecule has 12 heteroatoms. The Balaban J connectivity index is 1.31. The second-order valence-corrected chi connectivity index (χ2v) is 8.55. The number of amides is 4. The number of benzene rings is 1. The number of ether oxygens (including phenoxy) is 1. The standard InChI is InChI=1S/C21H18F3N3O5S/c22-21(23,24)16-6-12(10-33-16)9-32-20(31)25-7-11-1-2-13-8-27(19(30)14(13)5-11)15-3-4-17(28)26-18(15)29/h1-2,5-6,10,15H,3-4,7-9H2,(H,25,31)(H,26,28,29). The van der Waals surface area contributed by atoms with Crippen molar-refractivity contribution < 1.29 is 37.1 Å². The van der Waals surface area contributed by atoms with E-state index in [0.29, 0.717) is 22.5 Å². The van der Waals surface area contributed by atoms with E-state index >= 15 is 0 Å². The van der Waals surface area contributed by atoms with Gasteiger partial charge in [-0.25, -0.2) is 4.79 Å². The van der Waals surface area contributed by atoms with Gasteiger partial charge in [0, 0.05) is 30.6 Å². The number of alkyl halides is 3. The van der Waals surface area contributed by atoms with Gasteiger partial charge in [-0.05, 0) is 35.1 Å². The van der Waals surface area contributed by atoms with Crippen LogP contribution in [0, 0.1) is 0 Å². The predicted octanol–water partition coefficient (Wildman–Crippen LogP) is 2.95. The van der Waals surface area contributed by atoms with Crippen molar-refractivity contribution in [3.63, 3.8) is 0 Å². The number of hydrogen-bond donors (Lipinski definition) is 2. The first kappa shape index (κ1) is 22.8. The SMILES string of the molecule is O=C1CCC(N2Cc3ccc(CNC(=O)OCc4csc(C(F)(F)F)c4)cc3C2=O)C(=O)N1. The van der Waals surface area contributed by atoms with E-state index in [4.69, 9.17) is 4.74 Å². The van der Waals surface area contributed by atoms with Crippen LogP contribution < -0.4 is 10.6 Å². The van der Waals surface area contributed by atoms with E-state index in [2.05, 4.69) is 10.6 Å². The van der Waals surface area contributed by atoms with E-state index in [1.807, 2.05) is 0 Å². The summed E-state index contributed by atoms with van der Waals surface area (Å²) in [4.78, 5) is 48.8. The molecule has 4 amide bonds. The molecule has 2 N–H and O–H groups in total. The molecule has 1 aromatic heterocycles. The molecule has 1 fully saturated rings. The normalized spacial score (nSPS) is 18.2. The van der Waals surface area contributed by atoms with E-state index in [9.17, 15) is 32.3 Å². The smallest absolute Gasteiger partial charge is 0.425 e. The van der Waals surface area contributed by atoms with Crippen molar-refractivity contribution in [2.24, 2.45) is 0 Å². The third-order valence-corrected chi connectivity index (χ3v) is 6.36. The topological polar surface area (TPSA) is 105 Å². The summed E-state index contributed by atoms with van der Waals surface area (Å²) in [6.45, 7) is -0.0198. The first-order valence-corrected chi connectivity index (χ1v) is 10.8. The summed E-state index contributed by atoms with van der Waals surface area (Å²) < 4.78 is 42.8. The van der Waals surface area contributed by atoms with Crippen LogP contribution in [0.5, 0.6) is 0 Å². The van der Waals surface area contributed by atoms with Crippen LogP contribution in [0.15, 0.2) is 29.6 Å². The summed E-state index contributed by atoms with van der Waals surface area (Å²) in [5, 5.41) is 6.01. The molecule has 1 aromatic carbocycles. The number of carbonyl (C=O) groups is 4. The van der Waals surface area contributed by atoms with Crippen LogP contribution in [0.4, 0.5) is 18.0 Å². The van der Waals surface area contributed by atoms with Crippen LogP contribution in [0.1, 0.15) is 44.8 Å². The monoisotopic (exact) mass is 481 g/mol. The van der Waals surface area contributed by atoms with Gasteiger partial charge >= 0.3 is 12.3 Å². The fourth-order valence-electron chi connectivity index (χ4n) is 3.69. The number of thiophene rings is 1. The number of nitrogens with one attached hydrogen (secondary N) is 2. The molecule has 33 heavy (non-hydrogen) atoms. The minimum Gasteiger partial charge on any atom is -0.445 e. The Hall–Kier alpha value is -3.41. The van der Waals surface area contributed by atoms with Gasteiger partial charge in [0.2, 0.25) is 11.8 Å². The van der Waals surface area contributed by atoms with Gasteiger partial charge in [0.25, 0.3) is 5.91 Å². The molecular formula is C21H18F3N3O5S. The minimum absolute atomic E-state index is 0.0370. The Bertz CT molecular complexity index is 1130. The number of halogens is 3. The second kappa shape index (κ2) is 8.85. The van der Waals surface area contributed by atoms with E-state index in [1.165, 1.54) is 10.3 Å². The molecule has 1 saturated heterocycles. The van der Waals surface area contributed by atoms with Crippen molar-refractivity contribution >= 4 is 35.2 Å². The van der Waals surface area contributed by atoms with Gasteiger partial charge in [-0.2, -0.15) is 13.2 Å². The molecule has 0 saturated carbocycles. The molecule has 0 bridgehead atoms. The van der Waals surface area contributed by atoms with Crippen LogP contribution in [0.25, 0.3) is 0 Å². The molecule has 3 heterocycles. The van der Waals surface area contributed by atoms with E-state index < -0.39 is 29.1 Å². The summed E-state index contributed by atoms with van der Waals surface area (Å²) in [6, 6.07) is 5.27. The summed E-state index contributed by atoms with van der Waals surface area (Å²) in [5.74, 6) is -1.19. The van der Waals surface area contributed by atoms with Crippen LogP contribution in [-0.4, -0.2) is 34.8 Å².